The number of cyclic esters (lactones) is 1. The molecule has 1 saturated heterocycles. The Labute approximate surface area is 236 Å². The standard InChI is InChI=1S/C30H40N6O4/c1-21-22-10-12-23(13-11-22)25(34-15-17-35(18-16-34)28(37)40-30(2,3)4)9-7-5-6-8-14-36-26-24(20-39-29(36)38)19-31-27(32-21)33-26/h6,8,10-13,19,21,25H,5,7,9,14-18,20H2,1-4H3,(H,31,32,33)/b8-6+/t21-,25?/m0/s1. The third kappa shape index (κ3) is 6.55. The van der Waals surface area contributed by atoms with E-state index in [0.717, 1.165) is 43.5 Å². The Morgan fingerprint density at radius 3 is 2.52 bits per heavy atom. The first-order chi connectivity index (χ1) is 19.2. The number of carbonyl (C=O) groups excluding carboxylic acids is 2. The number of hydrogen-bond donors (Lipinski definition) is 1. The molecular weight excluding hydrogens is 508 g/mol. The maximum atomic E-state index is 12.6. The number of carbonyl (C=O) groups is 2. The summed E-state index contributed by atoms with van der Waals surface area (Å²) in [5, 5.41) is 3.39. The van der Waals surface area contributed by atoms with Crippen molar-refractivity contribution in [2.75, 3.05) is 42.9 Å². The zero-order valence-corrected chi connectivity index (χ0v) is 23.9. The Hall–Kier alpha value is -3.66. The van der Waals surface area contributed by atoms with Gasteiger partial charge in [0.1, 0.15) is 12.2 Å². The third-order valence-electron chi connectivity index (χ3n) is 7.55. The molecular formula is C30H40N6O4. The van der Waals surface area contributed by atoms with Gasteiger partial charge in [0.2, 0.25) is 5.95 Å². The van der Waals surface area contributed by atoms with Gasteiger partial charge in [-0.3, -0.25) is 9.80 Å². The zero-order chi connectivity index (χ0) is 28.3. The van der Waals surface area contributed by atoms with Crippen LogP contribution in [0.15, 0.2) is 42.6 Å². The number of piperazine rings is 1. The average molecular weight is 549 g/mol. The molecule has 40 heavy (non-hydrogen) atoms. The highest BCUT2D eigenvalue weighted by Gasteiger charge is 2.30. The lowest BCUT2D eigenvalue weighted by atomic mass is 9.96. The van der Waals surface area contributed by atoms with Gasteiger partial charge in [-0.1, -0.05) is 36.4 Å². The van der Waals surface area contributed by atoms with Crippen molar-refractivity contribution in [2.45, 2.75) is 71.2 Å². The maximum absolute atomic E-state index is 12.6. The molecule has 1 aromatic carbocycles. The van der Waals surface area contributed by atoms with Gasteiger partial charge in [-0.05, 0) is 58.1 Å². The number of hydrogen-bond acceptors (Lipinski definition) is 8. The number of fused-ring (bicyclic) bond motifs is 8. The van der Waals surface area contributed by atoms with Crippen molar-refractivity contribution in [2.24, 2.45) is 0 Å². The summed E-state index contributed by atoms with van der Waals surface area (Å²) in [4.78, 5) is 40.1. The van der Waals surface area contributed by atoms with Gasteiger partial charge in [-0.25, -0.2) is 14.6 Å². The quantitative estimate of drug-likeness (QED) is 0.470. The molecule has 4 aliphatic heterocycles. The summed E-state index contributed by atoms with van der Waals surface area (Å²) in [7, 11) is 0. The Morgan fingerprint density at radius 1 is 1.07 bits per heavy atom. The molecule has 2 atom stereocenters. The molecule has 5 heterocycles. The minimum atomic E-state index is -0.497. The van der Waals surface area contributed by atoms with E-state index >= 15 is 0 Å². The molecule has 4 bridgehead atoms. The molecule has 10 nitrogen and oxygen atoms in total. The van der Waals surface area contributed by atoms with Gasteiger partial charge in [0.05, 0.1) is 11.6 Å². The smallest absolute Gasteiger partial charge is 0.416 e. The Bertz CT molecular complexity index is 1230. The van der Waals surface area contributed by atoms with Gasteiger partial charge in [0.15, 0.2) is 5.82 Å². The van der Waals surface area contributed by atoms with Gasteiger partial charge in [-0.2, -0.15) is 4.98 Å². The number of ether oxygens (including phenoxy) is 2. The van der Waals surface area contributed by atoms with Crippen molar-refractivity contribution in [1.29, 1.82) is 0 Å². The van der Waals surface area contributed by atoms with Crippen LogP contribution in [0.2, 0.25) is 0 Å². The van der Waals surface area contributed by atoms with Crippen LogP contribution in [0.4, 0.5) is 21.4 Å². The summed E-state index contributed by atoms with van der Waals surface area (Å²) in [6, 6.07) is 8.99. The predicted molar refractivity (Wildman–Crippen MR) is 153 cm³/mol. The van der Waals surface area contributed by atoms with E-state index in [4.69, 9.17) is 9.47 Å². The highest BCUT2D eigenvalue weighted by atomic mass is 16.6. The van der Waals surface area contributed by atoms with Crippen LogP contribution in [-0.4, -0.2) is 70.3 Å². The van der Waals surface area contributed by atoms with E-state index in [1.807, 2.05) is 31.7 Å². The Balaban J connectivity index is 1.34. The van der Waals surface area contributed by atoms with Crippen LogP contribution in [0.1, 0.15) is 75.7 Å². The van der Waals surface area contributed by atoms with Gasteiger partial charge in [0, 0.05) is 45.0 Å². The molecule has 0 saturated carbocycles. The first-order valence-corrected chi connectivity index (χ1v) is 14.2. The van der Waals surface area contributed by atoms with Gasteiger partial charge < -0.3 is 19.7 Å². The number of amides is 2. The van der Waals surface area contributed by atoms with Crippen LogP contribution >= 0.6 is 0 Å². The first-order valence-electron chi connectivity index (χ1n) is 14.2. The molecule has 1 fully saturated rings. The predicted octanol–water partition coefficient (Wildman–Crippen LogP) is 5.44. The molecule has 0 radical (unpaired) electrons. The van der Waals surface area contributed by atoms with Gasteiger partial charge in [0.25, 0.3) is 0 Å². The first kappa shape index (κ1) is 27.9. The van der Waals surface area contributed by atoms with Crippen LogP contribution in [0.25, 0.3) is 0 Å². The number of rotatable bonds is 1. The van der Waals surface area contributed by atoms with E-state index < -0.39 is 11.7 Å². The fraction of sp³-hybridized carbons (Fsp3) is 0.533. The molecule has 1 aromatic heterocycles. The van der Waals surface area contributed by atoms with Crippen molar-refractivity contribution in [3.63, 3.8) is 0 Å². The molecule has 0 spiro atoms. The summed E-state index contributed by atoms with van der Waals surface area (Å²) in [6.45, 7) is 11.2. The number of benzene rings is 1. The van der Waals surface area contributed by atoms with E-state index in [0.29, 0.717) is 31.4 Å². The largest absolute Gasteiger partial charge is 0.444 e. The molecule has 0 aliphatic carbocycles. The summed E-state index contributed by atoms with van der Waals surface area (Å²) >= 11 is 0. The average Bonchev–Trinajstić information content (AvgIpc) is 2.93. The number of nitrogens with zero attached hydrogens (tertiary/aromatic N) is 5. The van der Waals surface area contributed by atoms with Gasteiger partial charge in [-0.15, -0.1) is 0 Å². The van der Waals surface area contributed by atoms with Crippen molar-refractivity contribution >= 4 is 24.0 Å². The molecule has 214 valence electrons. The molecule has 10 heteroatoms. The van der Waals surface area contributed by atoms with Crippen LogP contribution in [-0.2, 0) is 16.1 Å². The second kappa shape index (κ2) is 11.8. The number of aromatic nitrogens is 2. The monoisotopic (exact) mass is 548 g/mol. The summed E-state index contributed by atoms with van der Waals surface area (Å²) in [6.07, 6.45) is 8.12. The normalized spacial score (nSPS) is 23.1. The van der Waals surface area contributed by atoms with Crippen LogP contribution in [0.5, 0.6) is 0 Å². The zero-order valence-electron chi connectivity index (χ0n) is 23.9. The van der Waals surface area contributed by atoms with E-state index in [1.165, 1.54) is 5.56 Å². The van der Waals surface area contributed by atoms with Crippen LogP contribution in [0, 0.1) is 0 Å². The van der Waals surface area contributed by atoms with Crippen LogP contribution in [0.3, 0.4) is 0 Å². The second-order valence-electron chi connectivity index (χ2n) is 11.7. The summed E-state index contributed by atoms with van der Waals surface area (Å²) < 4.78 is 10.9. The minimum Gasteiger partial charge on any atom is -0.444 e. The molecule has 1 unspecified atom stereocenters. The third-order valence-corrected chi connectivity index (χ3v) is 7.55. The number of anilines is 2. The van der Waals surface area contributed by atoms with Gasteiger partial charge >= 0.3 is 12.2 Å². The number of allylic oxidation sites excluding steroid dienone is 1. The lowest BCUT2D eigenvalue weighted by Crippen LogP contribution is -2.50. The fourth-order valence-corrected chi connectivity index (χ4v) is 5.38. The molecule has 2 aromatic rings. The minimum absolute atomic E-state index is 0.0255. The highest BCUT2D eigenvalue weighted by molar-refractivity contribution is 5.89. The molecule has 2 amide bonds. The van der Waals surface area contributed by atoms with Crippen molar-refractivity contribution in [3.8, 4) is 0 Å². The molecule has 6 rings (SSSR count). The topological polar surface area (TPSA) is 100 Å². The summed E-state index contributed by atoms with van der Waals surface area (Å²) in [5.74, 6) is 1.07. The van der Waals surface area contributed by atoms with E-state index in [9.17, 15) is 9.59 Å². The summed E-state index contributed by atoms with van der Waals surface area (Å²) in [5.41, 5.74) is 2.70. The van der Waals surface area contributed by atoms with E-state index in [2.05, 4.69) is 57.4 Å². The van der Waals surface area contributed by atoms with Crippen molar-refractivity contribution in [1.82, 2.24) is 19.8 Å². The van der Waals surface area contributed by atoms with Crippen LogP contribution < -0.4 is 10.2 Å². The van der Waals surface area contributed by atoms with Crippen molar-refractivity contribution in [3.05, 3.63) is 59.3 Å². The SMILES string of the molecule is C[C@@H]1Nc2ncc3c(n2)N(C/C=C/CCCC(N2CCN(C(=O)OC(C)(C)C)CC2)c2ccc1cc2)C(=O)OC3. The Kier molecular flexibility index (Phi) is 8.25. The lowest BCUT2D eigenvalue weighted by Gasteiger charge is -2.40. The molecule has 1 N–H and O–H groups in total. The molecule has 4 aliphatic rings. The number of nitrogens with one attached hydrogen (secondary N) is 1. The highest BCUT2D eigenvalue weighted by Crippen LogP contribution is 2.31. The van der Waals surface area contributed by atoms with Crippen molar-refractivity contribution < 1.29 is 19.1 Å². The maximum Gasteiger partial charge on any atom is 0.416 e. The van der Waals surface area contributed by atoms with E-state index in [-0.39, 0.29) is 24.8 Å². The lowest BCUT2D eigenvalue weighted by molar-refractivity contribution is 0.00963. The van der Waals surface area contributed by atoms with E-state index in [1.54, 1.807) is 11.1 Å². The second-order valence-corrected chi connectivity index (χ2v) is 11.7. The Morgan fingerprint density at radius 2 is 1.80 bits per heavy atom. The fourth-order valence-electron chi connectivity index (χ4n) is 5.38.